The molecule has 98 valence electrons. The molecule has 1 aromatic rings. The molecule has 0 saturated heterocycles. The van der Waals surface area contributed by atoms with Crippen LogP contribution in [0.25, 0.3) is 0 Å². The highest BCUT2D eigenvalue weighted by molar-refractivity contribution is 5.84. The summed E-state index contributed by atoms with van der Waals surface area (Å²) in [6.07, 6.45) is 2.22. The van der Waals surface area contributed by atoms with Gasteiger partial charge in [0.25, 0.3) is 0 Å². The number of anilines is 1. The Hall–Kier alpha value is -1.71. The number of rotatable bonds is 6. The first kappa shape index (κ1) is 12.7. The minimum Gasteiger partial charge on any atom is -0.494 e. The summed E-state index contributed by atoms with van der Waals surface area (Å²) in [6.45, 7) is 4.46. The molecule has 1 saturated carbocycles. The van der Waals surface area contributed by atoms with E-state index in [0.29, 0.717) is 12.6 Å². The molecule has 1 atom stereocenters. The van der Waals surface area contributed by atoms with Crippen molar-refractivity contribution >= 4 is 11.6 Å². The number of carbonyl (C=O) groups is 1. The Morgan fingerprint density at radius 2 is 2.28 bits per heavy atom. The van der Waals surface area contributed by atoms with E-state index < -0.39 is 0 Å². The highest BCUT2D eigenvalue weighted by atomic mass is 16.5. The molecular formula is C14H20N2O2. The average Bonchev–Trinajstić information content (AvgIpc) is 3.14. The molecule has 2 rings (SSSR count). The number of nitrogens with one attached hydrogen (secondary N) is 2. The molecule has 0 aliphatic heterocycles. The van der Waals surface area contributed by atoms with E-state index in [2.05, 4.69) is 10.6 Å². The van der Waals surface area contributed by atoms with E-state index in [4.69, 9.17) is 4.74 Å². The number of hydrogen-bond donors (Lipinski definition) is 2. The standard InChI is InChI=1S/C14H20N2O2/c1-3-18-13-6-4-5-12(9-13)15-10(2)14(17)16-11-7-8-11/h4-6,9-11,15H,3,7-8H2,1-2H3,(H,16,17). The van der Waals surface area contributed by atoms with Gasteiger partial charge in [0.2, 0.25) is 5.91 Å². The molecule has 2 N–H and O–H groups in total. The molecule has 1 unspecified atom stereocenters. The maximum atomic E-state index is 11.8. The lowest BCUT2D eigenvalue weighted by Gasteiger charge is -2.15. The fraction of sp³-hybridized carbons (Fsp3) is 0.500. The van der Waals surface area contributed by atoms with Gasteiger partial charge in [0.15, 0.2) is 0 Å². The lowest BCUT2D eigenvalue weighted by atomic mass is 10.2. The van der Waals surface area contributed by atoms with Crippen LogP contribution in [0.5, 0.6) is 5.75 Å². The predicted molar refractivity (Wildman–Crippen MR) is 71.9 cm³/mol. The van der Waals surface area contributed by atoms with Crippen LogP contribution in [0, 0.1) is 0 Å². The molecule has 1 aliphatic rings. The van der Waals surface area contributed by atoms with E-state index in [1.807, 2.05) is 38.1 Å². The minimum absolute atomic E-state index is 0.0549. The molecule has 0 heterocycles. The van der Waals surface area contributed by atoms with Crippen molar-refractivity contribution in [1.29, 1.82) is 0 Å². The molecule has 4 heteroatoms. The molecule has 0 spiro atoms. The Morgan fingerprint density at radius 1 is 1.50 bits per heavy atom. The number of benzene rings is 1. The number of amides is 1. The molecule has 0 aromatic heterocycles. The lowest BCUT2D eigenvalue weighted by Crippen LogP contribution is -2.38. The van der Waals surface area contributed by atoms with E-state index in [1.165, 1.54) is 0 Å². The van der Waals surface area contributed by atoms with Gasteiger partial charge in [-0.1, -0.05) is 6.07 Å². The van der Waals surface area contributed by atoms with Gasteiger partial charge in [-0.25, -0.2) is 0 Å². The highest BCUT2D eigenvalue weighted by Gasteiger charge is 2.25. The third-order valence-corrected chi connectivity index (χ3v) is 2.85. The summed E-state index contributed by atoms with van der Waals surface area (Å²) in [5, 5.41) is 6.16. The van der Waals surface area contributed by atoms with Crippen molar-refractivity contribution in [1.82, 2.24) is 5.32 Å². The molecule has 1 aromatic carbocycles. The van der Waals surface area contributed by atoms with E-state index in [-0.39, 0.29) is 11.9 Å². The van der Waals surface area contributed by atoms with Gasteiger partial charge >= 0.3 is 0 Å². The molecule has 18 heavy (non-hydrogen) atoms. The largest absolute Gasteiger partial charge is 0.494 e. The van der Waals surface area contributed by atoms with Crippen LogP contribution in [0.1, 0.15) is 26.7 Å². The lowest BCUT2D eigenvalue weighted by molar-refractivity contribution is -0.121. The summed E-state index contributed by atoms with van der Waals surface area (Å²) in [4.78, 5) is 11.8. The van der Waals surface area contributed by atoms with Crippen LogP contribution in [0.4, 0.5) is 5.69 Å². The summed E-state index contributed by atoms with van der Waals surface area (Å²) < 4.78 is 5.42. The SMILES string of the molecule is CCOc1cccc(NC(C)C(=O)NC2CC2)c1. The van der Waals surface area contributed by atoms with Crippen LogP contribution >= 0.6 is 0 Å². The Balaban J connectivity index is 1.90. The zero-order valence-electron chi connectivity index (χ0n) is 10.9. The first-order valence-electron chi connectivity index (χ1n) is 6.49. The summed E-state index contributed by atoms with van der Waals surface area (Å²) in [5.74, 6) is 0.872. The van der Waals surface area contributed by atoms with Crippen molar-refractivity contribution in [2.45, 2.75) is 38.8 Å². The fourth-order valence-electron chi connectivity index (χ4n) is 1.71. The van der Waals surface area contributed by atoms with Gasteiger partial charge in [-0.15, -0.1) is 0 Å². The molecule has 1 aliphatic carbocycles. The highest BCUT2D eigenvalue weighted by Crippen LogP contribution is 2.20. The molecule has 4 nitrogen and oxygen atoms in total. The van der Waals surface area contributed by atoms with Crippen LogP contribution in [-0.2, 0) is 4.79 Å². The van der Waals surface area contributed by atoms with Crippen LogP contribution in [-0.4, -0.2) is 24.6 Å². The molecular weight excluding hydrogens is 228 g/mol. The molecule has 1 fully saturated rings. The van der Waals surface area contributed by atoms with Gasteiger partial charge < -0.3 is 15.4 Å². The van der Waals surface area contributed by atoms with E-state index >= 15 is 0 Å². The Labute approximate surface area is 108 Å². The third-order valence-electron chi connectivity index (χ3n) is 2.85. The van der Waals surface area contributed by atoms with Crippen LogP contribution in [0.15, 0.2) is 24.3 Å². The number of ether oxygens (including phenoxy) is 1. The molecule has 0 bridgehead atoms. The second kappa shape index (κ2) is 5.76. The maximum absolute atomic E-state index is 11.8. The second-order valence-electron chi connectivity index (χ2n) is 4.61. The summed E-state index contributed by atoms with van der Waals surface area (Å²) in [7, 11) is 0. The maximum Gasteiger partial charge on any atom is 0.242 e. The summed E-state index contributed by atoms with van der Waals surface area (Å²) in [6, 6.07) is 7.83. The van der Waals surface area contributed by atoms with Crippen molar-refractivity contribution in [3.8, 4) is 5.75 Å². The topological polar surface area (TPSA) is 50.4 Å². The third kappa shape index (κ3) is 3.65. The van der Waals surface area contributed by atoms with Crippen molar-refractivity contribution in [3.63, 3.8) is 0 Å². The van der Waals surface area contributed by atoms with E-state index in [9.17, 15) is 4.79 Å². The summed E-state index contributed by atoms with van der Waals surface area (Å²) >= 11 is 0. The number of hydrogen-bond acceptors (Lipinski definition) is 3. The monoisotopic (exact) mass is 248 g/mol. The van der Waals surface area contributed by atoms with Crippen LogP contribution in [0.2, 0.25) is 0 Å². The van der Waals surface area contributed by atoms with Gasteiger partial charge in [-0.05, 0) is 38.8 Å². The van der Waals surface area contributed by atoms with Crippen molar-refractivity contribution in [2.24, 2.45) is 0 Å². The Morgan fingerprint density at radius 3 is 2.94 bits per heavy atom. The van der Waals surface area contributed by atoms with Gasteiger partial charge in [0, 0.05) is 17.8 Å². The average molecular weight is 248 g/mol. The zero-order valence-corrected chi connectivity index (χ0v) is 10.9. The Bertz CT molecular complexity index is 416. The molecule has 0 radical (unpaired) electrons. The first-order chi connectivity index (χ1) is 8.69. The Kier molecular flexibility index (Phi) is 4.07. The fourth-order valence-corrected chi connectivity index (χ4v) is 1.71. The van der Waals surface area contributed by atoms with Crippen LogP contribution < -0.4 is 15.4 Å². The normalized spacial score (nSPS) is 15.9. The number of carbonyl (C=O) groups excluding carboxylic acids is 1. The summed E-state index contributed by atoms with van der Waals surface area (Å²) in [5.41, 5.74) is 0.902. The quantitative estimate of drug-likeness (QED) is 0.811. The second-order valence-corrected chi connectivity index (χ2v) is 4.61. The smallest absolute Gasteiger partial charge is 0.242 e. The van der Waals surface area contributed by atoms with Gasteiger partial charge in [-0.3, -0.25) is 4.79 Å². The van der Waals surface area contributed by atoms with Gasteiger partial charge in [0.05, 0.1) is 6.61 Å². The predicted octanol–water partition coefficient (Wildman–Crippen LogP) is 2.16. The minimum atomic E-state index is -0.234. The van der Waals surface area contributed by atoms with E-state index in [1.54, 1.807) is 0 Å². The van der Waals surface area contributed by atoms with Crippen molar-refractivity contribution in [3.05, 3.63) is 24.3 Å². The van der Waals surface area contributed by atoms with Crippen LogP contribution in [0.3, 0.4) is 0 Å². The zero-order chi connectivity index (χ0) is 13.0. The first-order valence-corrected chi connectivity index (χ1v) is 6.49. The van der Waals surface area contributed by atoms with Gasteiger partial charge in [-0.2, -0.15) is 0 Å². The van der Waals surface area contributed by atoms with Crippen molar-refractivity contribution < 1.29 is 9.53 Å². The van der Waals surface area contributed by atoms with E-state index in [0.717, 1.165) is 24.3 Å². The molecule has 1 amide bonds. The van der Waals surface area contributed by atoms with Gasteiger partial charge in [0.1, 0.15) is 11.8 Å². The van der Waals surface area contributed by atoms with Crippen molar-refractivity contribution in [2.75, 3.05) is 11.9 Å².